The zero-order valence-corrected chi connectivity index (χ0v) is 13.9. The van der Waals surface area contributed by atoms with Crippen LogP contribution in [0.5, 0.6) is 0 Å². The number of carboxylic acids is 1. The summed E-state index contributed by atoms with van der Waals surface area (Å²) in [5.41, 5.74) is 6.30. The molecule has 0 saturated heterocycles. The number of hydrogen-bond acceptors (Lipinski definition) is 2. The number of benzene rings is 2. The summed E-state index contributed by atoms with van der Waals surface area (Å²) < 4.78 is 0. The molecule has 1 aliphatic carbocycles. The van der Waals surface area contributed by atoms with Crippen molar-refractivity contribution < 1.29 is 9.90 Å². The fraction of sp³-hybridized carbons (Fsp3) is 0.286. The van der Waals surface area contributed by atoms with E-state index >= 15 is 0 Å². The summed E-state index contributed by atoms with van der Waals surface area (Å²) in [6, 6.07) is 11.8. The number of anilines is 1. The fourth-order valence-electron chi connectivity index (χ4n) is 4.19. The molecule has 1 heterocycles. The van der Waals surface area contributed by atoms with E-state index in [1.165, 1.54) is 22.4 Å². The SMILES string of the molecule is Cc1ccc2c(c1C)N[C@H](c1ccccc1C(=O)O)[C@H]1CC=C[C@H]21. The highest BCUT2D eigenvalue weighted by atomic mass is 16.4. The quantitative estimate of drug-likeness (QED) is 0.780. The summed E-state index contributed by atoms with van der Waals surface area (Å²) in [4.78, 5) is 11.7. The molecule has 122 valence electrons. The molecule has 2 N–H and O–H groups in total. The molecule has 0 unspecified atom stereocenters. The Hall–Kier alpha value is -2.55. The first-order valence-corrected chi connectivity index (χ1v) is 8.43. The van der Waals surface area contributed by atoms with Gasteiger partial charge < -0.3 is 10.4 Å². The molecule has 0 bridgehead atoms. The normalized spacial score (nSPS) is 24.2. The van der Waals surface area contributed by atoms with Crippen LogP contribution in [-0.2, 0) is 0 Å². The van der Waals surface area contributed by atoms with Crippen molar-refractivity contribution in [2.75, 3.05) is 5.32 Å². The predicted octanol–water partition coefficient (Wildman–Crippen LogP) is 4.83. The fourth-order valence-corrected chi connectivity index (χ4v) is 4.19. The maximum atomic E-state index is 11.7. The number of fused-ring (bicyclic) bond motifs is 3. The van der Waals surface area contributed by atoms with E-state index < -0.39 is 5.97 Å². The Labute approximate surface area is 142 Å². The first kappa shape index (κ1) is 15.0. The van der Waals surface area contributed by atoms with Crippen LogP contribution >= 0.6 is 0 Å². The maximum absolute atomic E-state index is 11.7. The third kappa shape index (κ3) is 2.15. The number of nitrogens with one attached hydrogen (secondary N) is 1. The number of carbonyl (C=O) groups is 1. The molecule has 2 aromatic rings. The second-order valence-corrected chi connectivity index (χ2v) is 6.84. The van der Waals surface area contributed by atoms with Crippen molar-refractivity contribution in [3.8, 4) is 0 Å². The molecule has 3 atom stereocenters. The third-order valence-electron chi connectivity index (χ3n) is 5.59. The van der Waals surface area contributed by atoms with Gasteiger partial charge in [0.05, 0.1) is 11.6 Å². The van der Waals surface area contributed by atoms with Crippen molar-refractivity contribution in [1.82, 2.24) is 0 Å². The van der Waals surface area contributed by atoms with Gasteiger partial charge in [0, 0.05) is 11.6 Å². The Morgan fingerprint density at radius 1 is 1.12 bits per heavy atom. The van der Waals surface area contributed by atoms with E-state index in [2.05, 4.69) is 43.4 Å². The standard InChI is InChI=1S/C21H21NO2/c1-12-10-11-17-14-8-5-9-15(14)20(22-19(17)13(12)2)16-6-3-4-7-18(16)21(23)24/h3-8,10-11,14-15,20,22H,9H2,1-2H3,(H,23,24)/t14-,15-,20-/m0/s1. The molecular weight excluding hydrogens is 298 g/mol. The topological polar surface area (TPSA) is 49.3 Å². The van der Waals surface area contributed by atoms with E-state index in [0.717, 1.165) is 12.0 Å². The van der Waals surface area contributed by atoms with Crippen molar-refractivity contribution in [1.29, 1.82) is 0 Å². The minimum absolute atomic E-state index is 0.0188. The lowest BCUT2D eigenvalue weighted by molar-refractivity contribution is 0.0694. The smallest absolute Gasteiger partial charge is 0.336 e. The average Bonchev–Trinajstić information content (AvgIpc) is 3.07. The van der Waals surface area contributed by atoms with Crippen molar-refractivity contribution >= 4 is 11.7 Å². The van der Waals surface area contributed by atoms with Gasteiger partial charge >= 0.3 is 5.97 Å². The van der Waals surface area contributed by atoms with Gasteiger partial charge in [-0.2, -0.15) is 0 Å². The third-order valence-corrected chi connectivity index (χ3v) is 5.59. The summed E-state index contributed by atoms with van der Waals surface area (Å²) in [5, 5.41) is 13.3. The van der Waals surface area contributed by atoms with Crippen LogP contribution in [0.3, 0.4) is 0 Å². The van der Waals surface area contributed by atoms with Crippen molar-refractivity contribution in [2.45, 2.75) is 32.2 Å². The lowest BCUT2D eigenvalue weighted by Crippen LogP contribution is -2.30. The van der Waals surface area contributed by atoms with Gasteiger partial charge in [0.25, 0.3) is 0 Å². The summed E-state index contributed by atoms with van der Waals surface area (Å²) >= 11 is 0. The van der Waals surface area contributed by atoms with Gasteiger partial charge in [-0.25, -0.2) is 4.79 Å². The minimum atomic E-state index is -0.860. The van der Waals surface area contributed by atoms with Gasteiger partial charge in [-0.15, -0.1) is 0 Å². The van der Waals surface area contributed by atoms with Crippen LogP contribution in [0, 0.1) is 19.8 Å². The molecule has 3 nitrogen and oxygen atoms in total. The van der Waals surface area contributed by atoms with E-state index in [9.17, 15) is 9.90 Å². The van der Waals surface area contributed by atoms with Crippen molar-refractivity contribution in [3.05, 3.63) is 76.4 Å². The molecule has 0 saturated carbocycles. The van der Waals surface area contributed by atoms with Gasteiger partial charge in [-0.1, -0.05) is 42.5 Å². The summed E-state index contributed by atoms with van der Waals surface area (Å²) in [6.45, 7) is 4.26. The summed E-state index contributed by atoms with van der Waals surface area (Å²) in [6.07, 6.45) is 5.50. The molecule has 0 spiro atoms. The second kappa shape index (κ2) is 5.52. The Balaban J connectivity index is 1.87. The molecule has 0 aromatic heterocycles. The van der Waals surface area contributed by atoms with Gasteiger partial charge in [0.15, 0.2) is 0 Å². The molecule has 0 amide bonds. The average molecular weight is 319 g/mol. The van der Waals surface area contributed by atoms with E-state index in [1.807, 2.05) is 12.1 Å². The summed E-state index contributed by atoms with van der Waals surface area (Å²) in [7, 11) is 0. The highest BCUT2D eigenvalue weighted by Crippen LogP contribution is 2.51. The van der Waals surface area contributed by atoms with Crippen LogP contribution in [0.4, 0.5) is 5.69 Å². The Morgan fingerprint density at radius 3 is 2.71 bits per heavy atom. The van der Waals surface area contributed by atoms with Crippen LogP contribution in [0.25, 0.3) is 0 Å². The van der Waals surface area contributed by atoms with E-state index in [1.54, 1.807) is 12.1 Å². The zero-order chi connectivity index (χ0) is 16.8. The van der Waals surface area contributed by atoms with Gasteiger partial charge in [-0.05, 0) is 54.5 Å². The number of rotatable bonds is 2. The van der Waals surface area contributed by atoms with Crippen LogP contribution in [0.2, 0.25) is 0 Å². The van der Waals surface area contributed by atoms with Gasteiger partial charge in [-0.3, -0.25) is 0 Å². The molecule has 0 fully saturated rings. The van der Waals surface area contributed by atoms with Gasteiger partial charge in [0.1, 0.15) is 0 Å². The van der Waals surface area contributed by atoms with E-state index in [-0.39, 0.29) is 6.04 Å². The molecule has 2 aliphatic rings. The van der Waals surface area contributed by atoms with Crippen molar-refractivity contribution in [2.24, 2.45) is 5.92 Å². The largest absolute Gasteiger partial charge is 0.478 e. The van der Waals surface area contributed by atoms with Crippen LogP contribution in [-0.4, -0.2) is 11.1 Å². The molecule has 1 aliphatic heterocycles. The highest BCUT2D eigenvalue weighted by molar-refractivity contribution is 5.90. The molecular formula is C21H21NO2. The molecule has 24 heavy (non-hydrogen) atoms. The second-order valence-electron chi connectivity index (χ2n) is 6.84. The monoisotopic (exact) mass is 319 g/mol. The lowest BCUT2D eigenvalue weighted by Gasteiger charge is -2.39. The summed E-state index contributed by atoms with van der Waals surface area (Å²) in [5.74, 6) is -0.144. The number of hydrogen-bond donors (Lipinski definition) is 2. The molecule has 4 rings (SSSR count). The number of aromatic carboxylic acids is 1. The van der Waals surface area contributed by atoms with Gasteiger partial charge in [0.2, 0.25) is 0 Å². The Morgan fingerprint density at radius 2 is 1.92 bits per heavy atom. The molecule has 0 radical (unpaired) electrons. The molecule has 3 heteroatoms. The predicted molar refractivity (Wildman–Crippen MR) is 95.7 cm³/mol. The number of allylic oxidation sites excluding steroid dienone is 2. The van der Waals surface area contributed by atoms with Crippen LogP contribution in [0.1, 0.15) is 51.0 Å². The highest BCUT2D eigenvalue weighted by Gasteiger charge is 2.39. The van der Waals surface area contributed by atoms with E-state index in [0.29, 0.717) is 17.4 Å². The first-order chi connectivity index (χ1) is 11.6. The lowest BCUT2D eigenvalue weighted by atomic mass is 9.75. The maximum Gasteiger partial charge on any atom is 0.336 e. The Kier molecular flexibility index (Phi) is 3.45. The van der Waals surface area contributed by atoms with Crippen LogP contribution in [0.15, 0.2) is 48.6 Å². The number of carboxylic acid groups (broad SMARTS) is 1. The first-order valence-electron chi connectivity index (χ1n) is 8.43. The minimum Gasteiger partial charge on any atom is -0.478 e. The Bertz CT molecular complexity index is 853. The number of aryl methyl sites for hydroxylation is 1. The zero-order valence-electron chi connectivity index (χ0n) is 13.9. The molecule has 2 aromatic carbocycles. The van der Waals surface area contributed by atoms with Crippen molar-refractivity contribution in [3.63, 3.8) is 0 Å². The van der Waals surface area contributed by atoms with E-state index in [4.69, 9.17) is 0 Å². The van der Waals surface area contributed by atoms with Crippen LogP contribution < -0.4 is 5.32 Å².